The van der Waals surface area contributed by atoms with Gasteiger partial charge in [0.2, 0.25) is 12.7 Å². The van der Waals surface area contributed by atoms with E-state index in [2.05, 4.69) is 0 Å². The number of carbonyl (C=O) groups excluding carboxylic acids is 1. The normalized spacial score (nSPS) is 14.2. The highest BCUT2D eigenvalue weighted by atomic mass is 16.7. The van der Waals surface area contributed by atoms with E-state index in [-0.39, 0.29) is 18.7 Å². The van der Waals surface area contributed by atoms with Crippen LogP contribution in [0, 0.1) is 0 Å². The first kappa shape index (κ1) is 18.5. The molecule has 148 valence electrons. The summed E-state index contributed by atoms with van der Waals surface area (Å²) in [6.45, 7) is 6.01. The summed E-state index contributed by atoms with van der Waals surface area (Å²) in [6, 6.07) is 11.8. The number of hydrogen-bond donors (Lipinski definition) is 0. The minimum atomic E-state index is 0.109. The van der Waals surface area contributed by atoms with Crippen molar-refractivity contribution in [3.05, 3.63) is 47.5 Å². The average Bonchev–Trinajstić information content (AvgIpc) is 3.17. The van der Waals surface area contributed by atoms with Crippen LogP contribution in [0.4, 0.5) is 0 Å². The Morgan fingerprint density at radius 1 is 0.893 bits per heavy atom. The zero-order chi connectivity index (χ0) is 19.5. The molecule has 2 aromatic carbocycles. The number of aryl methyl sites for hydroxylation is 1. The van der Waals surface area contributed by atoms with Crippen molar-refractivity contribution in [2.24, 2.45) is 0 Å². The van der Waals surface area contributed by atoms with Crippen LogP contribution >= 0.6 is 0 Å². The number of fused-ring (bicyclic) bond motifs is 2. The van der Waals surface area contributed by atoms with Crippen LogP contribution in [0.15, 0.2) is 36.4 Å². The van der Waals surface area contributed by atoms with E-state index in [1.807, 2.05) is 55.1 Å². The van der Waals surface area contributed by atoms with Crippen molar-refractivity contribution in [1.29, 1.82) is 0 Å². The van der Waals surface area contributed by atoms with Crippen LogP contribution in [0.2, 0.25) is 0 Å². The van der Waals surface area contributed by atoms with Gasteiger partial charge in [-0.25, -0.2) is 0 Å². The van der Waals surface area contributed by atoms with Crippen LogP contribution < -0.4 is 18.9 Å². The molecule has 0 saturated heterocycles. The van der Waals surface area contributed by atoms with Gasteiger partial charge < -0.3 is 23.8 Å². The number of amides is 1. The molecule has 4 rings (SSSR count). The Hall–Kier alpha value is -2.89. The fraction of sp³-hybridized carbons (Fsp3) is 0.409. The SMILES string of the molecule is CC(C)N(Cc1ccc2c(c1)OCCO2)C(=O)CCc1ccc2c(c1)OCO2. The summed E-state index contributed by atoms with van der Waals surface area (Å²) < 4.78 is 22.0. The first-order valence-corrected chi connectivity index (χ1v) is 9.66. The molecule has 0 fully saturated rings. The molecule has 2 aliphatic heterocycles. The lowest BCUT2D eigenvalue weighted by molar-refractivity contribution is -0.133. The lowest BCUT2D eigenvalue weighted by atomic mass is 10.1. The highest BCUT2D eigenvalue weighted by Gasteiger charge is 2.20. The predicted molar refractivity (Wildman–Crippen MR) is 104 cm³/mol. The third-order valence-electron chi connectivity index (χ3n) is 4.97. The van der Waals surface area contributed by atoms with Crippen molar-refractivity contribution < 1.29 is 23.7 Å². The fourth-order valence-corrected chi connectivity index (χ4v) is 3.43. The van der Waals surface area contributed by atoms with Gasteiger partial charge in [0.05, 0.1) is 0 Å². The van der Waals surface area contributed by atoms with Gasteiger partial charge in [-0.3, -0.25) is 4.79 Å². The van der Waals surface area contributed by atoms with Crippen molar-refractivity contribution in [2.45, 2.75) is 39.3 Å². The zero-order valence-corrected chi connectivity index (χ0v) is 16.3. The Labute approximate surface area is 165 Å². The van der Waals surface area contributed by atoms with Gasteiger partial charge in [0.25, 0.3) is 0 Å². The highest BCUT2D eigenvalue weighted by Crippen LogP contribution is 2.33. The number of ether oxygens (including phenoxy) is 4. The Balaban J connectivity index is 1.40. The molecule has 0 saturated carbocycles. The van der Waals surface area contributed by atoms with Crippen LogP contribution in [-0.4, -0.2) is 36.9 Å². The summed E-state index contributed by atoms with van der Waals surface area (Å²) in [6.07, 6.45) is 1.11. The van der Waals surface area contributed by atoms with Gasteiger partial charge in [-0.2, -0.15) is 0 Å². The van der Waals surface area contributed by atoms with Crippen LogP contribution in [0.5, 0.6) is 23.0 Å². The van der Waals surface area contributed by atoms with Crippen molar-refractivity contribution in [3.8, 4) is 23.0 Å². The summed E-state index contributed by atoms with van der Waals surface area (Å²) in [5.74, 6) is 3.16. The zero-order valence-electron chi connectivity index (χ0n) is 16.3. The van der Waals surface area contributed by atoms with E-state index < -0.39 is 0 Å². The Morgan fingerprint density at radius 3 is 2.29 bits per heavy atom. The summed E-state index contributed by atoms with van der Waals surface area (Å²) in [5.41, 5.74) is 2.11. The Kier molecular flexibility index (Phi) is 5.28. The number of benzene rings is 2. The molecule has 0 spiro atoms. The van der Waals surface area contributed by atoms with Crippen molar-refractivity contribution in [3.63, 3.8) is 0 Å². The Morgan fingerprint density at radius 2 is 1.50 bits per heavy atom. The van der Waals surface area contributed by atoms with Crippen LogP contribution in [-0.2, 0) is 17.8 Å². The van der Waals surface area contributed by atoms with Crippen LogP contribution in [0.3, 0.4) is 0 Å². The molecule has 0 aliphatic carbocycles. The molecule has 6 nitrogen and oxygen atoms in total. The standard InChI is InChI=1S/C22H25NO5/c1-15(2)23(13-17-4-7-18-20(12-17)26-10-9-25-18)22(24)8-5-16-3-6-19-21(11-16)28-14-27-19/h3-4,6-7,11-12,15H,5,8-10,13-14H2,1-2H3. The maximum absolute atomic E-state index is 12.9. The minimum Gasteiger partial charge on any atom is -0.486 e. The van der Waals surface area contributed by atoms with E-state index in [0.29, 0.717) is 32.6 Å². The fourth-order valence-electron chi connectivity index (χ4n) is 3.43. The molecule has 6 heteroatoms. The lowest BCUT2D eigenvalue weighted by Crippen LogP contribution is -2.36. The maximum atomic E-state index is 12.9. The van der Waals surface area contributed by atoms with Crippen molar-refractivity contribution >= 4 is 5.91 Å². The maximum Gasteiger partial charge on any atom is 0.231 e. The van der Waals surface area contributed by atoms with E-state index in [0.717, 1.165) is 34.1 Å². The smallest absolute Gasteiger partial charge is 0.231 e. The summed E-state index contributed by atoms with van der Waals surface area (Å²) in [5, 5.41) is 0. The molecule has 1 amide bonds. The van der Waals surface area contributed by atoms with Gasteiger partial charge in [-0.05, 0) is 55.7 Å². The van der Waals surface area contributed by atoms with Gasteiger partial charge in [0.15, 0.2) is 23.0 Å². The second-order valence-electron chi connectivity index (χ2n) is 7.28. The minimum absolute atomic E-state index is 0.109. The molecule has 0 radical (unpaired) electrons. The third-order valence-corrected chi connectivity index (χ3v) is 4.97. The molecule has 0 bridgehead atoms. The first-order chi connectivity index (χ1) is 13.6. The van der Waals surface area contributed by atoms with E-state index in [4.69, 9.17) is 18.9 Å². The number of carbonyl (C=O) groups is 1. The second-order valence-corrected chi connectivity index (χ2v) is 7.28. The number of nitrogens with zero attached hydrogens (tertiary/aromatic N) is 1. The molecule has 2 aliphatic rings. The lowest BCUT2D eigenvalue weighted by Gasteiger charge is -2.28. The average molecular weight is 383 g/mol. The third kappa shape index (κ3) is 4.01. The monoisotopic (exact) mass is 383 g/mol. The van der Waals surface area contributed by atoms with Gasteiger partial charge in [0.1, 0.15) is 13.2 Å². The van der Waals surface area contributed by atoms with Gasteiger partial charge in [0, 0.05) is 19.0 Å². The summed E-state index contributed by atoms with van der Waals surface area (Å²) in [7, 11) is 0. The Bertz CT molecular complexity index is 864. The van der Waals surface area contributed by atoms with Gasteiger partial charge in [-0.15, -0.1) is 0 Å². The molecular weight excluding hydrogens is 358 g/mol. The van der Waals surface area contributed by atoms with Crippen molar-refractivity contribution in [2.75, 3.05) is 20.0 Å². The molecule has 28 heavy (non-hydrogen) atoms. The number of rotatable bonds is 6. The largest absolute Gasteiger partial charge is 0.486 e. The van der Waals surface area contributed by atoms with E-state index in [1.165, 1.54) is 0 Å². The molecule has 0 aromatic heterocycles. The predicted octanol–water partition coefficient (Wildman–Crippen LogP) is 3.56. The second kappa shape index (κ2) is 8.00. The molecule has 2 heterocycles. The van der Waals surface area contributed by atoms with Gasteiger partial charge in [-0.1, -0.05) is 12.1 Å². The topological polar surface area (TPSA) is 57.2 Å². The van der Waals surface area contributed by atoms with E-state index in [9.17, 15) is 4.79 Å². The highest BCUT2D eigenvalue weighted by molar-refractivity contribution is 5.76. The van der Waals surface area contributed by atoms with E-state index in [1.54, 1.807) is 0 Å². The quantitative estimate of drug-likeness (QED) is 0.763. The molecule has 0 unspecified atom stereocenters. The summed E-state index contributed by atoms with van der Waals surface area (Å²) >= 11 is 0. The molecular formula is C22H25NO5. The van der Waals surface area contributed by atoms with E-state index >= 15 is 0 Å². The summed E-state index contributed by atoms with van der Waals surface area (Å²) in [4.78, 5) is 14.8. The molecule has 0 atom stereocenters. The number of hydrogen-bond acceptors (Lipinski definition) is 5. The van der Waals surface area contributed by atoms with Crippen LogP contribution in [0.25, 0.3) is 0 Å². The first-order valence-electron chi connectivity index (χ1n) is 9.66. The van der Waals surface area contributed by atoms with Crippen LogP contribution in [0.1, 0.15) is 31.4 Å². The van der Waals surface area contributed by atoms with Gasteiger partial charge >= 0.3 is 0 Å². The molecule has 0 N–H and O–H groups in total. The van der Waals surface area contributed by atoms with Crippen molar-refractivity contribution in [1.82, 2.24) is 4.90 Å². The molecule has 2 aromatic rings.